The number of aromatic nitrogens is 4. The first kappa shape index (κ1) is 30.1. The minimum Gasteiger partial charge on any atom is -0.371 e. The van der Waals surface area contributed by atoms with Crippen molar-refractivity contribution in [3.63, 3.8) is 0 Å². The maximum absolute atomic E-state index is 13.7. The van der Waals surface area contributed by atoms with Crippen LogP contribution in [0, 0.1) is 19.8 Å². The Labute approximate surface area is 240 Å². The molecule has 0 radical (unpaired) electrons. The number of halogens is 6. The maximum atomic E-state index is 13.7. The van der Waals surface area contributed by atoms with Crippen molar-refractivity contribution in [3.05, 3.63) is 63.7 Å². The third kappa shape index (κ3) is 6.66. The van der Waals surface area contributed by atoms with Gasteiger partial charge in [-0.15, -0.1) is 5.10 Å². The van der Waals surface area contributed by atoms with Crippen LogP contribution in [-0.4, -0.2) is 46.4 Å². The number of piperidine rings is 1. The standard InChI is InChI=1S/C29H35F6N7/c1-18-11-19(2)26-24(12-18)25(5-4-10-41(26)16-20-6-8-36-9-7-20)42(27-37-39-40(3)38-27)17-21-13-22(28(30,31)32)15-23(14-21)29(33,34)35/h11-15,20,25,36H,4-10,16-17H2,1-3H3. The molecule has 13 heteroatoms. The summed E-state index contributed by atoms with van der Waals surface area (Å²) in [5.41, 5.74) is 1.30. The molecule has 1 atom stereocenters. The van der Waals surface area contributed by atoms with E-state index in [9.17, 15) is 26.3 Å². The molecule has 1 unspecified atom stereocenters. The van der Waals surface area contributed by atoms with Gasteiger partial charge in [0.2, 0.25) is 0 Å². The van der Waals surface area contributed by atoms with Gasteiger partial charge < -0.3 is 15.1 Å². The number of fused-ring (bicyclic) bond motifs is 1. The Bertz CT molecular complexity index is 1360. The second-order valence-corrected chi connectivity index (χ2v) is 11.4. The van der Waals surface area contributed by atoms with Crippen molar-refractivity contribution >= 4 is 11.6 Å². The van der Waals surface area contributed by atoms with Crippen LogP contribution >= 0.6 is 0 Å². The van der Waals surface area contributed by atoms with E-state index in [4.69, 9.17) is 0 Å². The van der Waals surface area contributed by atoms with Crippen LogP contribution in [0.4, 0.5) is 38.0 Å². The molecule has 1 aromatic heterocycles. The molecule has 0 bridgehead atoms. The lowest BCUT2D eigenvalue weighted by Gasteiger charge is -2.35. The molecule has 228 valence electrons. The number of tetrazole rings is 1. The number of benzene rings is 2. The Kier molecular flexibility index (Phi) is 8.41. The highest BCUT2D eigenvalue weighted by molar-refractivity contribution is 5.64. The summed E-state index contributed by atoms with van der Waals surface area (Å²) in [4.78, 5) is 5.35. The van der Waals surface area contributed by atoms with Crippen LogP contribution in [0.2, 0.25) is 0 Å². The Morgan fingerprint density at radius 3 is 2.19 bits per heavy atom. The highest BCUT2D eigenvalue weighted by Crippen LogP contribution is 2.43. The number of anilines is 2. The maximum Gasteiger partial charge on any atom is 0.416 e. The second-order valence-electron chi connectivity index (χ2n) is 11.4. The van der Waals surface area contributed by atoms with Gasteiger partial charge in [-0.3, -0.25) is 0 Å². The zero-order valence-electron chi connectivity index (χ0n) is 23.9. The third-order valence-corrected chi connectivity index (χ3v) is 8.12. The minimum atomic E-state index is -4.94. The first-order chi connectivity index (χ1) is 19.8. The highest BCUT2D eigenvalue weighted by Gasteiger charge is 2.38. The first-order valence-electron chi connectivity index (χ1n) is 14.2. The van der Waals surface area contributed by atoms with E-state index in [2.05, 4.69) is 44.7 Å². The molecule has 7 nitrogen and oxygen atoms in total. The molecule has 2 aliphatic rings. The van der Waals surface area contributed by atoms with Gasteiger partial charge in [0.25, 0.3) is 5.95 Å². The Balaban J connectivity index is 1.60. The van der Waals surface area contributed by atoms with Gasteiger partial charge in [0.1, 0.15) is 0 Å². The number of nitrogens with zero attached hydrogens (tertiary/aromatic N) is 6. The SMILES string of the molecule is Cc1cc(C)c2c(c1)C(N(Cc1cc(C(F)(F)F)cc(C(F)(F)F)c1)c1nnn(C)n1)CCCN2CC1CCNCC1. The highest BCUT2D eigenvalue weighted by atomic mass is 19.4. The number of hydrogen-bond acceptors (Lipinski definition) is 6. The molecule has 1 fully saturated rings. The Morgan fingerprint density at radius 1 is 0.929 bits per heavy atom. The molecule has 0 spiro atoms. The molecule has 42 heavy (non-hydrogen) atoms. The molecule has 1 saturated heterocycles. The average molecular weight is 596 g/mol. The van der Waals surface area contributed by atoms with Crippen LogP contribution in [0.3, 0.4) is 0 Å². The molecule has 0 saturated carbocycles. The van der Waals surface area contributed by atoms with Crippen molar-refractivity contribution in [3.8, 4) is 0 Å². The number of hydrogen-bond donors (Lipinski definition) is 1. The largest absolute Gasteiger partial charge is 0.416 e. The van der Waals surface area contributed by atoms with E-state index >= 15 is 0 Å². The van der Waals surface area contributed by atoms with Crippen molar-refractivity contribution < 1.29 is 26.3 Å². The van der Waals surface area contributed by atoms with Crippen LogP contribution in [0.1, 0.15) is 65.1 Å². The van der Waals surface area contributed by atoms with Gasteiger partial charge in [-0.1, -0.05) is 22.8 Å². The van der Waals surface area contributed by atoms with Crippen molar-refractivity contribution in [1.82, 2.24) is 25.5 Å². The number of alkyl halides is 6. The van der Waals surface area contributed by atoms with Crippen molar-refractivity contribution in [2.45, 2.75) is 64.5 Å². The normalized spacial score (nSPS) is 18.6. The molecule has 3 aromatic rings. The quantitative estimate of drug-likeness (QED) is 0.342. The van der Waals surface area contributed by atoms with Crippen LogP contribution in [0.15, 0.2) is 30.3 Å². The van der Waals surface area contributed by atoms with Crippen LogP contribution in [0.5, 0.6) is 0 Å². The van der Waals surface area contributed by atoms with E-state index in [-0.39, 0.29) is 24.1 Å². The van der Waals surface area contributed by atoms with Crippen LogP contribution in [0.25, 0.3) is 0 Å². The molecule has 2 aliphatic heterocycles. The Morgan fingerprint density at radius 2 is 1.60 bits per heavy atom. The van der Waals surface area contributed by atoms with E-state index in [1.54, 1.807) is 11.9 Å². The topological polar surface area (TPSA) is 62.1 Å². The summed E-state index contributed by atoms with van der Waals surface area (Å²) in [7, 11) is 1.57. The average Bonchev–Trinajstić information content (AvgIpc) is 3.26. The predicted molar refractivity (Wildman–Crippen MR) is 147 cm³/mol. The minimum absolute atomic E-state index is 0.133. The van der Waals surface area contributed by atoms with Gasteiger partial charge >= 0.3 is 12.4 Å². The van der Waals surface area contributed by atoms with Crippen molar-refractivity contribution in [2.24, 2.45) is 13.0 Å². The lowest BCUT2D eigenvalue weighted by Crippen LogP contribution is -2.37. The third-order valence-electron chi connectivity index (χ3n) is 8.12. The second kappa shape index (κ2) is 11.7. The van der Waals surface area contributed by atoms with Crippen molar-refractivity contribution in [2.75, 3.05) is 36.0 Å². The molecular formula is C29H35F6N7. The first-order valence-corrected chi connectivity index (χ1v) is 14.2. The molecule has 2 aromatic carbocycles. The van der Waals surface area contributed by atoms with Gasteiger partial charge in [-0.05, 0) is 98.6 Å². The summed E-state index contributed by atoms with van der Waals surface area (Å²) in [6.07, 6.45) is -6.34. The lowest BCUT2D eigenvalue weighted by molar-refractivity contribution is -0.143. The molecule has 0 amide bonds. The molecule has 0 aliphatic carbocycles. The number of nitrogens with one attached hydrogen (secondary N) is 1. The van der Waals surface area contributed by atoms with E-state index in [0.717, 1.165) is 80.0 Å². The number of rotatable bonds is 6. The van der Waals surface area contributed by atoms with E-state index in [1.807, 2.05) is 6.92 Å². The van der Waals surface area contributed by atoms with E-state index in [0.29, 0.717) is 12.3 Å². The zero-order valence-corrected chi connectivity index (χ0v) is 23.9. The van der Waals surface area contributed by atoms with E-state index in [1.165, 1.54) is 4.80 Å². The fraction of sp³-hybridized carbons (Fsp3) is 0.552. The lowest BCUT2D eigenvalue weighted by atomic mass is 9.93. The fourth-order valence-electron chi connectivity index (χ4n) is 6.32. The van der Waals surface area contributed by atoms with Crippen LogP contribution < -0.4 is 15.1 Å². The van der Waals surface area contributed by atoms with Gasteiger partial charge in [0, 0.05) is 25.3 Å². The summed E-state index contributed by atoms with van der Waals surface area (Å²) in [5.74, 6) is 0.672. The summed E-state index contributed by atoms with van der Waals surface area (Å²) in [6.45, 7) is 7.41. The van der Waals surface area contributed by atoms with Crippen molar-refractivity contribution in [1.29, 1.82) is 0 Å². The zero-order chi connectivity index (χ0) is 30.2. The Hall–Kier alpha value is -3.35. The van der Waals surface area contributed by atoms with Gasteiger partial charge in [0.15, 0.2) is 0 Å². The molecule has 3 heterocycles. The smallest absolute Gasteiger partial charge is 0.371 e. The van der Waals surface area contributed by atoms with Gasteiger partial charge in [-0.2, -0.15) is 31.1 Å². The van der Waals surface area contributed by atoms with Gasteiger partial charge in [0.05, 0.1) is 24.2 Å². The number of aryl methyl sites for hydroxylation is 3. The summed E-state index contributed by atoms with van der Waals surface area (Å²) >= 11 is 0. The van der Waals surface area contributed by atoms with E-state index < -0.39 is 29.5 Å². The predicted octanol–water partition coefficient (Wildman–Crippen LogP) is 6.21. The summed E-state index contributed by atoms with van der Waals surface area (Å²) in [5, 5.41) is 15.8. The molecule has 5 rings (SSSR count). The summed E-state index contributed by atoms with van der Waals surface area (Å²) in [6, 6.07) is 5.50. The summed E-state index contributed by atoms with van der Waals surface area (Å²) < 4.78 is 82.2. The fourth-order valence-corrected chi connectivity index (χ4v) is 6.32. The van der Waals surface area contributed by atoms with Gasteiger partial charge in [-0.25, -0.2) is 0 Å². The monoisotopic (exact) mass is 595 g/mol. The molecule has 1 N–H and O–H groups in total. The molecular weight excluding hydrogens is 560 g/mol. The van der Waals surface area contributed by atoms with Crippen LogP contribution in [-0.2, 0) is 25.9 Å².